The Balaban J connectivity index is 1.74. The van der Waals surface area contributed by atoms with Crippen LogP contribution in [-0.2, 0) is 16.1 Å². The summed E-state index contributed by atoms with van der Waals surface area (Å²) in [5, 5.41) is 22.8. The third-order valence-corrected chi connectivity index (χ3v) is 5.71. The van der Waals surface area contributed by atoms with Crippen LogP contribution in [0.3, 0.4) is 0 Å². The van der Waals surface area contributed by atoms with Crippen LogP contribution in [0.25, 0.3) is 0 Å². The van der Waals surface area contributed by atoms with E-state index in [1.54, 1.807) is 6.92 Å². The van der Waals surface area contributed by atoms with Crippen LogP contribution in [0, 0.1) is 35.3 Å². The van der Waals surface area contributed by atoms with E-state index in [1.807, 2.05) is 41.8 Å². The summed E-state index contributed by atoms with van der Waals surface area (Å²) in [5.74, 6) is -1.13. The van der Waals surface area contributed by atoms with Crippen LogP contribution in [0.1, 0.15) is 32.1 Å². The molecular weight excluding hydrogens is 420 g/mol. The second kappa shape index (κ2) is 9.23. The number of amides is 1. The molecule has 1 aromatic carbocycles. The molecule has 0 atom stereocenters. The van der Waals surface area contributed by atoms with Crippen LogP contribution in [0.5, 0.6) is 0 Å². The Labute approximate surface area is 181 Å². The molecule has 0 fully saturated rings. The number of ether oxygens (including phenoxy) is 1. The van der Waals surface area contributed by atoms with Crippen molar-refractivity contribution in [1.82, 2.24) is 4.57 Å². The maximum absolute atomic E-state index is 12.4. The largest absolute Gasteiger partial charge is 0.451 e. The summed E-state index contributed by atoms with van der Waals surface area (Å²) in [6.45, 7) is 3.51. The smallest absolute Gasteiger partial charge is 0.349 e. The van der Waals surface area contributed by atoms with Crippen LogP contribution in [0.15, 0.2) is 42.5 Å². The van der Waals surface area contributed by atoms with Gasteiger partial charge in [0.15, 0.2) is 6.61 Å². The van der Waals surface area contributed by atoms with Gasteiger partial charge in [0.2, 0.25) is 0 Å². The molecule has 2 aromatic heterocycles. The van der Waals surface area contributed by atoms with Crippen molar-refractivity contribution in [3.63, 3.8) is 0 Å². The first-order valence-corrected chi connectivity index (χ1v) is 9.98. The Morgan fingerprint density at radius 1 is 1.23 bits per heavy atom. The Morgan fingerprint density at radius 2 is 1.94 bits per heavy atom. The first-order chi connectivity index (χ1) is 14.8. The molecule has 1 N–H and O–H groups in total. The van der Waals surface area contributed by atoms with Crippen molar-refractivity contribution in [1.29, 1.82) is 5.26 Å². The van der Waals surface area contributed by atoms with Gasteiger partial charge in [-0.2, -0.15) is 5.26 Å². The second-order valence-electron chi connectivity index (χ2n) is 6.64. The number of thiophene rings is 1. The van der Waals surface area contributed by atoms with Crippen LogP contribution in [0.4, 0.5) is 10.8 Å². The molecule has 10 heteroatoms. The Hall–Kier alpha value is -3.97. The van der Waals surface area contributed by atoms with Gasteiger partial charge in [-0.3, -0.25) is 14.9 Å². The Bertz CT molecular complexity index is 1190. The number of nitro groups is 1. The summed E-state index contributed by atoms with van der Waals surface area (Å²) in [7, 11) is 0. The maximum atomic E-state index is 12.4. The third kappa shape index (κ3) is 4.79. The second-order valence-corrected chi connectivity index (χ2v) is 7.70. The van der Waals surface area contributed by atoms with Crippen LogP contribution >= 0.6 is 11.3 Å². The molecule has 3 rings (SSSR count). The summed E-state index contributed by atoms with van der Waals surface area (Å²) in [5.41, 5.74) is 2.91. The van der Waals surface area contributed by atoms with Gasteiger partial charge in [-0.1, -0.05) is 41.7 Å². The fourth-order valence-corrected chi connectivity index (χ4v) is 3.71. The van der Waals surface area contributed by atoms with E-state index in [4.69, 9.17) is 4.74 Å². The monoisotopic (exact) mass is 438 g/mol. The van der Waals surface area contributed by atoms with E-state index in [2.05, 4.69) is 11.4 Å². The normalized spacial score (nSPS) is 10.4. The van der Waals surface area contributed by atoms with E-state index in [0.717, 1.165) is 16.8 Å². The molecule has 0 radical (unpaired) electrons. The number of nitrogens with zero attached hydrogens (tertiary/aromatic N) is 3. The van der Waals surface area contributed by atoms with Crippen molar-refractivity contribution in [3.8, 4) is 6.07 Å². The molecule has 0 aliphatic carbocycles. The number of anilines is 1. The van der Waals surface area contributed by atoms with Crippen molar-refractivity contribution < 1.29 is 19.2 Å². The van der Waals surface area contributed by atoms with Crippen molar-refractivity contribution in [2.45, 2.75) is 20.4 Å². The van der Waals surface area contributed by atoms with Gasteiger partial charge < -0.3 is 14.6 Å². The molecular formula is C21H18N4O5S. The molecule has 0 aliphatic heterocycles. The Kier molecular flexibility index (Phi) is 6.47. The summed E-state index contributed by atoms with van der Waals surface area (Å²) in [4.78, 5) is 34.6. The first kappa shape index (κ1) is 21.7. The molecule has 3 aromatic rings. The average molecular weight is 438 g/mol. The van der Waals surface area contributed by atoms with Gasteiger partial charge in [0.05, 0.1) is 10.5 Å². The van der Waals surface area contributed by atoms with Gasteiger partial charge in [0.1, 0.15) is 16.8 Å². The molecule has 0 bridgehead atoms. The lowest BCUT2D eigenvalue weighted by Crippen LogP contribution is -2.23. The molecule has 9 nitrogen and oxygen atoms in total. The van der Waals surface area contributed by atoms with Gasteiger partial charge in [0.25, 0.3) is 5.91 Å². The zero-order valence-electron chi connectivity index (χ0n) is 16.7. The number of hydrogen-bond donors (Lipinski definition) is 1. The SMILES string of the molecule is Cc1c(C#N)c(NC(=O)COC(=O)c2ccc([N+](=O)[O-])s2)n(Cc2ccccc2)c1C. The number of esters is 1. The summed E-state index contributed by atoms with van der Waals surface area (Å²) in [6.07, 6.45) is 0. The highest BCUT2D eigenvalue weighted by atomic mass is 32.1. The van der Waals surface area contributed by atoms with Gasteiger partial charge >= 0.3 is 11.0 Å². The van der Waals surface area contributed by atoms with E-state index in [0.29, 0.717) is 29.3 Å². The topological polar surface area (TPSA) is 127 Å². The fourth-order valence-electron chi connectivity index (χ4n) is 3.00. The van der Waals surface area contributed by atoms with Crippen LogP contribution in [0.2, 0.25) is 0 Å². The lowest BCUT2D eigenvalue weighted by Gasteiger charge is -2.13. The quantitative estimate of drug-likeness (QED) is 0.340. The molecule has 31 heavy (non-hydrogen) atoms. The third-order valence-electron chi connectivity index (χ3n) is 4.69. The number of carbonyl (C=O) groups excluding carboxylic acids is 2. The molecule has 1 amide bonds. The zero-order chi connectivity index (χ0) is 22.5. The standard InChI is InChI=1S/C21H18N4O5S/c1-13-14(2)24(11-15-6-4-3-5-7-15)20(16(13)10-22)23-18(26)12-30-21(27)17-8-9-19(31-17)25(28)29/h3-9H,11-12H2,1-2H3,(H,23,26). The lowest BCUT2D eigenvalue weighted by atomic mass is 10.2. The fraction of sp³-hybridized carbons (Fsp3) is 0.190. The van der Waals surface area contributed by atoms with Crippen LogP contribution < -0.4 is 5.32 Å². The van der Waals surface area contributed by atoms with E-state index >= 15 is 0 Å². The minimum atomic E-state index is -0.833. The lowest BCUT2D eigenvalue weighted by molar-refractivity contribution is -0.380. The van der Waals surface area contributed by atoms with E-state index in [-0.39, 0.29) is 9.88 Å². The van der Waals surface area contributed by atoms with E-state index in [9.17, 15) is 25.0 Å². The molecule has 0 aliphatic rings. The van der Waals surface area contributed by atoms with E-state index in [1.165, 1.54) is 12.1 Å². The molecule has 0 saturated carbocycles. The van der Waals surface area contributed by atoms with Crippen molar-refractivity contribution in [3.05, 3.63) is 79.8 Å². The zero-order valence-corrected chi connectivity index (χ0v) is 17.6. The molecule has 2 heterocycles. The number of benzene rings is 1. The van der Waals surface area contributed by atoms with Crippen molar-refractivity contribution >= 4 is 34.0 Å². The van der Waals surface area contributed by atoms with Crippen molar-refractivity contribution in [2.24, 2.45) is 0 Å². The average Bonchev–Trinajstić information content (AvgIpc) is 3.33. The van der Waals surface area contributed by atoms with Gasteiger partial charge in [-0.05, 0) is 31.0 Å². The molecule has 0 unspecified atom stereocenters. The summed E-state index contributed by atoms with van der Waals surface area (Å²) in [6, 6.07) is 14.2. The molecule has 0 saturated heterocycles. The maximum Gasteiger partial charge on any atom is 0.349 e. The number of rotatable bonds is 7. The Morgan fingerprint density at radius 3 is 2.55 bits per heavy atom. The number of nitriles is 1. The highest BCUT2D eigenvalue weighted by molar-refractivity contribution is 7.17. The van der Waals surface area contributed by atoms with E-state index < -0.39 is 23.4 Å². The van der Waals surface area contributed by atoms with Gasteiger partial charge in [-0.15, -0.1) is 0 Å². The molecule has 0 spiro atoms. The summed E-state index contributed by atoms with van der Waals surface area (Å²) >= 11 is 0.667. The highest BCUT2D eigenvalue weighted by Gasteiger charge is 2.21. The minimum Gasteiger partial charge on any atom is -0.451 e. The highest BCUT2D eigenvalue weighted by Crippen LogP contribution is 2.28. The van der Waals surface area contributed by atoms with Gasteiger partial charge in [-0.25, -0.2) is 4.79 Å². The number of carbonyl (C=O) groups is 2. The van der Waals surface area contributed by atoms with Crippen molar-refractivity contribution in [2.75, 3.05) is 11.9 Å². The van der Waals surface area contributed by atoms with Gasteiger partial charge in [0, 0.05) is 18.3 Å². The first-order valence-electron chi connectivity index (χ1n) is 9.16. The predicted octanol–water partition coefficient (Wildman–Crippen LogP) is 3.79. The molecule has 158 valence electrons. The minimum absolute atomic E-state index is 0.0244. The summed E-state index contributed by atoms with van der Waals surface area (Å²) < 4.78 is 6.79. The number of nitrogens with one attached hydrogen (secondary N) is 1. The number of aromatic nitrogens is 1. The number of hydrogen-bond acceptors (Lipinski definition) is 7. The predicted molar refractivity (Wildman–Crippen MR) is 114 cm³/mol. The van der Waals surface area contributed by atoms with Crippen LogP contribution in [-0.4, -0.2) is 28.0 Å².